The van der Waals surface area contributed by atoms with Crippen molar-refractivity contribution < 1.29 is 9.13 Å². The molecule has 0 fully saturated rings. The second-order valence-electron chi connectivity index (χ2n) is 5.55. The predicted octanol–water partition coefficient (Wildman–Crippen LogP) is 2.26. The van der Waals surface area contributed by atoms with Crippen LogP contribution in [0.1, 0.15) is 22.6 Å². The molecule has 0 atom stereocenters. The minimum Gasteiger partial charge on any atom is -0.203 e. The lowest BCUT2D eigenvalue weighted by molar-refractivity contribution is -0.618. The summed E-state index contributed by atoms with van der Waals surface area (Å²) in [6, 6.07) is 8.19. The maximum absolute atomic E-state index is 4.65. The standard InChI is InChI=1S/C18H20N4/c1-13-6-7-15(3)20-18(13)21-11-8-17(14(2)12-21)22-10-5-9-19-16(22)4/h5-12H,1-4H3/q+2. The van der Waals surface area contributed by atoms with Gasteiger partial charge in [0.15, 0.2) is 0 Å². The summed E-state index contributed by atoms with van der Waals surface area (Å²) in [6.07, 6.45) is 8.01. The minimum atomic E-state index is 0.966. The fraction of sp³-hybridized carbons (Fsp3) is 0.222. The first kappa shape index (κ1) is 14.3. The Hall–Kier alpha value is -2.62. The van der Waals surface area contributed by atoms with E-state index in [0.29, 0.717) is 0 Å². The van der Waals surface area contributed by atoms with Gasteiger partial charge in [0, 0.05) is 37.1 Å². The van der Waals surface area contributed by atoms with E-state index in [1.807, 2.05) is 38.4 Å². The second kappa shape index (κ2) is 5.64. The van der Waals surface area contributed by atoms with Gasteiger partial charge in [-0.3, -0.25) is 0 Å². The third-order valence-electron chi connectivity index (χ3n) is 3.77. The van der Waals surface area contributed by atoms with E-state index < -0.39 is 0 Å². The number of rotatable bonds is 2. The lowest BCUT2D eigenvalue weighted by Crippen LogP contribution is -2.39. The Labute approximate surface area is 130 Å². The van der Waals surface area contributed by atoms with Crippen molar-refractivity contribution in [3.63, 3.8) is 0 Å². The molecule has 0 aliphatic heterocycles. The normalized spacial score (nSPS) is 10.7. The van der Waals surface area contributed by atoms with Crippen LogP contribution < -0.4 is 9.13 Å². The van der Waals surface area contributed by atoms with Crippen molar-refractivity contribution in [1.82, 2.24) is 9.97 Å². The van der Waals surface area contributed by atoms with E-state index >= 15 is 0 Å². The van der Waals surface area contributed by atoms with Crippen molar-refractivity contribution in [2.45, 2.75) is 27.7 Å². The highest BCUT2D eigenvalue weighted by atomic mass is 15.1. The summed E-state index contributed by atoms with van der Waals surface area (Å²) in [5, 5.41) is 0. The zero-order valence-electron chi connectivity index (χ0n) is 13.4. The Morgan fingerprint density at radius 1 is 0.909 bits per heavy atom. The molecule has 0 aliphatic rings. The fourth-order valence-electron chi connectivity index (χ4n) is 2.58. The average Bonchev–Trinajstić information content (AvgIpc) is 2.50. The van der Waals surface area contributed by atoms with Gasteiger partial charge in [-0.2, -0.15) is 4.57 Å². The molecule has 3 heterocycles. The highest BCUT2D eigenvalue weighted by Crippen LogP contribution is 2.09. The van der Waals surface area contributed by atoms with Crippen LogP contribution in [0, 0.1) is 27.7 Å². The molecule has 0 saturated heterocycles. The molecule has 0 aliphatic carbocycles. The molecule has 0 radical (unpaired) electrons. The van der Waals surface area contributed by atoms with E-state index in [-0.39, 0.29) is 0 Å². The molecule has 3 aromatic rings. The first-order valence-corrected chi connectivity index (χ1v) is 7.36. The van der Waals surface area contributed by atoms with Crippen LogP contribution in [0.4, 0.5) is 0 Å². The van der Waals surface area contributed by atoms with Crippen molar-refractivity contribution in [3.8, 4) is 11.5 Å². The van der Waals surface area contributed by atoms with Crippen LogP contribution in [0.2, 0.25) is 0 Å². The number of hydrogen-bond donors (Lipinski definition) is 0. The lowest BCUT2D eigenvalue weighted by Gasteiger charge is -2.06. The van der Waals surface area contributed by atoms with E-state index in [2.05, 4.69) is 57.5 Å². The van der Waals surface area contributed by atoms with Gasteiger partial charge in [0.05, 0.1) is 0 Å². The maximum Gasteiger partial charge on any atom is 0.330 e. The first-order valence-electron chi connectivity index (χ1n) is 7.36. The molecule has 0 amide bonds. The summed E-state index contributed by atoms with van der Waals surface area (Å²) >= 11 is 0. The number of aryl methyl sites for hydroxylation is 4. The third-order valence-corrected chi connectivity index (χ3v) is 3.77. The molecule has 0 saturated carbocycles. The van der Waals surface area contributed by atoms with E-state index in [4.69, 9.17) is 0 Å². The molecule has 3 rings (SSSR count). The van der Waals surface area contributed by atoms with Crippen molar-refractivity contribution in [1.29, 1.82) is 0 Å². The molecule has 4 heteroatoms. The molecule has 110 valence electrons. The molecule has 0 N–H and O–H groups in total. The zero-order chi connectivity index (χ0) is 15.7. The third kappa shape index (κ3) is 2.60. The monoisotopic (exact) mass is 292 g/mol. The van der Waals surface area contributed by atoms with Crippen LogP contribution in [0.5, 0.6) is 0 Å². The zero-order valence-corrected chi connectivity index (χ0v) is 13.4. The van der Waals surface area contributed by atoms with Gasteiger partial charge in [0.2, 0.25) is 0 Å². The van der Waals surface area contributed by atoms with E-state index in [1.165, 1.54) is 5.56 Å². The summed E-state index contributed by atoms with van der Waals surface area (Å²) in [5.41, 5.74) is 4.48. The fourth-order valence-corrected chi connectivity index (χ4v) is 2.58. The molecule has 4 nitrogen and oxygen atoms in total. The number of pyridine rings is 2. The number of nitrogens with zero attached hydrogens (tertiary/aromatic N) is 4. The molecule has 0 aromatic carbocycles. The van der Waals surface area contributed by atoms with Crippen LogP contribution in [0.3, 0.4) is 0 Å². The van der Waals surface area contributed by atoms with Gasteiger partial charge in [-0.1, -0.05) is 4.98 Å². The number of aromatic nitrogens is 4. The molecule has 3 aromatic heterocycles. The second-order valence-corrected chi connectivity index (χ2v) is 5.55. The largest absolute Gasteiger partial charge is 0.330 e. The Bertz CT molecular complexity index is 840. The molecule has 0 spiro atoms. The number of hydrogen-bond acceptors (Lipinski definition) is 2. The van der Waals surface area contributed by atoms with Crippen LogP contribution in [0.15, 0.2) is 49.1 Å². The van der Waals surface area contributed by atoms with Gasteiger partial charge in [0.25, 0.3) is 5.82 Å². The summed E-state index contributed by atoms with van der Waals surface area (Å²) in [6.45, 7) is 8.21. The molecular weight excluding hydrogens is 272 g/mol. The summed E-state index contributed by atoms with van der Waals surface area (Å²) in [5.74, 6) is 1.94. The average molecular weight is 292 g/mol. The Morgan fingerprint density at radius 2 is 1.73 bits per heavy atom. The summed E-state index contributed by atoms with van der Waals surface area (Å²) in [7, 11) is 0. The highest BCUT2D eigenvalue weighted by molar-refractivity contribution is 5.30. The van der Waals surface area contributed by atoms with E-state index in [1.54, 1.807) is 0 Å². The quantitative estimate of drug-likeness (QED) is 0.679. The topological polar surface area (TPSA) is 33.5 Å². The van der Waals surface area contributed by atoms with Gasteiger partial charge < -0.3 is 0 Å². The van der Waals surface area contributed by atoms with Crippen molar-refractivity contribution in [2.75, 3.05) is 0 Å². The molecule has 0 bridgehead atoms. The minimum absolute atomic E-state index is 0.966. The lowest BCUT2D eigenvalue weighted by atomic mass is 10.2. The smallest absolute Gasteiger partial charge is 0.203 e. The Kier molecular flexibility index (Phi) is 3.67. The molecule has 22 heavy (non-hydrogen) atoms. The predicted molar refractivity (Wildman–Crippen MR) is 84.0 cm³/mol. The van der Waals surface area contributed by atoms with Crippen molar-refractivity contribution in [3.05, 3.63) is 71.7 Å². The summed E-state index contributed by atoms with van der Waals surface area (Å²) < 4.78 is 4.17. The van der Waals surface area contributed by atoms with Gasteiger partial charge in [-0.15, -0.1) is 0 Å². The SMILES string of the molecule is Cc1ccc(C)c(-[n+]2ccc(-[n+]3cccnc3C)c(C)c2)n1. The molecular formula is C18H20N4+2. The van der Waals surface area contributed by atoms with E-state index in [9.17, 15) is 0 Å². The van der Waals surface area contributed by atoms with Gasteiger partial charge in [-0.05, 0) is 31.0 Å². The highest BCUT2D eigenvalue weighted by Gasteiger charge is 2.17. The van der Waals surface area contributed by atoms with Gasteiger partial charge in [-0.25, -0.2) is 4.57 Å². The maximum atomic E-state index is 4.65. The van der Waals surface area contributed by atoms with Gasteiger partial charge in [0.1, 0.15) is 36.2 Å². The molecule has 0 unspecified atom stereocenters. The Balaban J connectivity index is 2.10. The van der Waals surface area contributed by atoms with Crippen molar-refractivity contribution >= 4 is 0 Å². The summed E-state index contributed by atoms with van der Waals surface area (Å²) in [4.78, 5) is 8.99. The van der Waals surface area contributed by atoms with Gasteiger partial charge >= 0.3 is 5.82 Å². The van der Waals surface area contributed by atoms with Crippen LogP contribution in [-0.4, -0.2) is 9.97 Å². The van der Waals surface area contributed by atoms with Crippen LogP contribution >= 0.6 is 0 Å². The first-order chi connectivity index (χ1) is 10.6. The van der Waals surface area contributed by atoms with Crippen molar-refractivity contribution in [2.24, 2.45) is 0 Å². The Morgan fingerprint density at radius 3 is 2.45 bits per heavy atom. The van der Waals surface area contributed by atoms with Crippen LogP contribution in [-0.2, 0) is 0 Å². The van der Waals surface area contributed by atoms with Crippen LogP contribution in [0.25, 0.3) is 11.5 Å². The van der Waals surface area contributed by atoms with E-state index in [0.717, 1.165) is 28.6 Å².